The van der Waals surface area contributed by atoms with Crippen LogP contribution in [0.3, 0.4) is 0 Å². The van der Waals surface area contributed by atoms with E-state index in [9.17, 15) is 4.79 Å². The number of hydrogen-bond donors (Lipinski definition) is 1. The maximum atomic E-state index is 12.6. The molecular weight excluding hydrogens is 260 g/mol. The Morgan fingerprint density at radius 3 is 3.16 bits per heavy atom. The number of thiophene rings is 1. The first-order valence-electron chi connectivity index (χ1n) is 6.82. The van der Waals surface area contributed by atoms with E-state index < -0.39 is 0 Å². The Kier molecular flexibility index (Phi) is 5.82. The monoisotopic (exact) mass is 282 g/mol. The average molecular weight is 282 g/mol. The summed E-state index contributed by atoms with van der Waals surface area (Å²) in [6.07, 6.45) is 2.09. The van der Waals surface area contributed by atoms with Gasteiger partial charge in [0.1, 0.15) is 0 Å². The van der Waals surface area contributed by atoms with Crippen LogP contribution in [0.2, 0.25) is 0 Å². The third-order valence-corrected chi connectivity index (χ3v) is 4.31. The molecule has 1 fully saturated rings. The van der Waals surface area contributed by atoms with Crippen molar-refractivity contribution in [2.45, 2.75) is 19.4 Å². The second-order valence-corrected chi connectivity index (χ2v) is 5.91. The summed E-state index contributed by atoms with van der Waals surface area (Å²) < 4.78 is 5.12. The van der Waals surface area contributed by atoms with Gasteiger partial charge in [0, 0.05) is 25.1 Å². The Morgan fingerprint density at radius 1 is 1.63 bits per heavy atom. The summed E-state index contributed by atoms with van der Waals surface area (Å²) in [6, 6.07) is 4.11. The van der Waals surface area contributed by atoms with Crippen molar-refractivity contribution in [1.82, 2.24) is 10.2 Å². The Labute approximate surface area is 118 Å². The summed E-state index contributed by atoms with van der Waals surface area (Å²) in [4.78, 5) is 15.7. The lowest BCUT2D eigenvalue weighted by atomic mass is 9.98. The SMILES string of the molecule is COCCN(Cc1cccs1)C(=O)C1CCCNC1. The fraction of sp³-hybridized carbons (Fsp3) is 0.643. The molecule has 1 aromatic rings. The van der Waals surface area contributed by atoms with Crippen molar-refractivity contribution in [3.8, 4) is 0 Å². The molecule has 4 nitrogen and oxygen atoms in total. The molecular formula is C14H22N2O2S. The number of rotatable bonds is 6. The first-order valence-corrected chi connectivity index (χ1v) is 7.70. The van der Waals surface area contributed by atoms with Gasteiger partial charge >= 0.3 is 0 Å². The molecule has 1 aliphatic heterocycles. The van der Waals surface area contributed by atoms with Gasteiger partial charge in [-0.1, -0.05) is 6.07 Å². The Bertz CT molecular complexity index is 375. The van der Waals surface area contributed by atoms with Crippen molar-refractivity contribution in [3.63, 3.8) is 0 Å². The molecule has 0 bridgehead atoms. The van der Waals surface area contributed by atoms with E-state index >= 15 is 0 Å². The third-order valence-electron chi connectivity index (χ3n) is 3.45. The van der Waals surface area contributed by atoms with Gasteiger partial charge < -0.3 is 15.0 Å². The van der Waals surface area contributed by atoms with E-state index in [1.165, 1.54) is 4.88 Å². The Morgan fingerprint density at radius 2 is 2.53 bits per heavy atom. The van der Waals surface area contributed by atoms with Gasteiger partial charge in [-0.3, -0.25) is 4.79 Å². The molecule has 1 N–H and O–H groups in total. The molecule has 2 heterocycles. The highest BCUT2D eigenvalue weighted by molar-refractivity contribution is 7.09. The summed E-state index contributed by atoms with van der Waals surface area (Å²) in [5.74, 6) is 0.392. The third kappa shape index (κ3) is 4.30. The van der Waals surface area contributed by atoms with Gasteiger partial charge in [-0.15, -0.1) is 11.3 Å². The maximum absolute atomic E-state index is 12.6. The lowest BCUT2D eigenvalue weighted by Crippen LogP contribution is -2.43. The highest BCUT2D eigenvalue weighted by atomic mass is 32.1. The topological polar surface area (TPSA) is 41.6 Å². The molecule has 0 radical (unpaired) electrons. The van der Waals surface area contributed by atoms with E-state index in [1.54, 1.807) is 18.4 Å². The molecule has 0 aromatic carbocycles. The van der Waals surface area contributed by atoms with Gasteiger partial charge in [0.05, 0.1) is 19.1 Å². The van der Waals surface area contributed by atoms with Crippen LogP contribution in [-0.2, 0) is 16.1 Å². The van der Waals surface area contributed by atoms with E-state index in [1.807, 2.05) is 11.0 Å². The quantitative estimate of drug-likeness (QED) is 0.864. The minimum atomic E-state index is 0.130. The highest BCUT2D eigenvalue weighted by Gasteiger charge is 2.25. The van der Waals surface area contributed by atoms with Crippen molar-refractivity contribution in [3.05, 3.63) is 22.4 Å². The predicted octanol–water partition coefficient (Wildman–Crippen LogP) is 1.72. The minimum Gasteiger partial charge on any atom is -0.383 e. The number of nitrogens with zero attached hydrogens (tertiary/aromatic N) is 1. The van der Waals surface area contributed by atoms with Gasteiger partial charge in [-0.05, 0) is 30.8 Å². The molecule has 19 heavy (non-hydrogen) atoms. The molecule has 0 saturated carbocycles. The largest absolute Gasteiger partial charge is 0.383 e. The molecule has 106 valence electrons. The number of carbonyl (C=O) groups excluding carboxylic acids is 1. The normalized spacial score (nSPS) is 19.3. The Hall–Kier alpha value is -0.910. The molecule has 1 unspecified atom stereocenters. The zero-order valence-electron chi connectivity index (χ0n) is 11.4. The maximum Gasteiger partial charge on any atom is 0.227 e. The van der Waals surface area contributed by atoms with Gasteiger partial charge in [-0.25, -0.2) is 0 Å². The van der Waals surface area contributed by atoms with E-state index in [0.29, 0.717) is 19.7 Å². The van der Waals surface area contributed by atoms with Gasteiger partial charge in [-0.2, -0.15) is 0 Å². The van der Waals surface area contributed by atoms with Crippen LogP contribution in [0.15, 0.2) is 17.5 Å². The zero-order valence-corrected chi connectivity index (χ0v) is 12.2. The van der Waals surface area contributed by atoms with Crippen molar-refractivity contribution < 1.29 is 9.53 Å². The van der Waals surface area contributed by atoms with Crippen molar-refractivity contribution in [2.75, 3.05) is 33.4 Å². The second-order valence-electron chi connectivity index (χ2n) is 4.88. The molecule has 1 atom stereocenters. The van der Waals surface area contributed by atoms with Crippen molar-refractivity contribution in [1.29, 1.82) is 0 Å². The van der Waals surface area contributed by atoms with Crippen LogP contribution in [0.25, 0.3) is 0 Å². The van der Waals surface area contributed by atoms with E-state index in [0.717, 1.165) is 25.9 Å². The standard InChI is InChI=1S/C14H22N2O2S/c1-18-8-7-16(11-13-5-3-9-19-13)14(17)12-4-2-6-15-10-12/h3,5,9,12,15H,2,4,6-8,10-11H2,1H3. The fourth-order valence-corrected chi connectivity index (χ4v) is 3.10. The van der Waals surface area contributed by atoms with Gasteiger partial charge in [0.25, 0.3) is 0 Å². The number of nitrogens with one attached hydrogen (secondary N) is 1. The summed E-state index contributed by atoms with van der Waals surface area (Å²) in [5, 5.41) is 5.36. The van der Waals surface area contributed by atoms with Crippen LogP contribution in [0, 0.1) is 5.92 Å². The average Bonchev–Trinajstić information content (AvgIpc) is 2.96. The molecule has 2 rings (SSSR count). The molecule has 1 amide bonds. The number of carbonyl (C=O) groups is 1. The number of ether oxygens (including phenoxy) is 1. The van der Waals surface area contributed by atoms with Crippen molar-refractivity contribution in [2.24, 2.45) is 5.92 Å². The molecule has 1 saturated heterocycles. The highest BCUT2D eigenvalue weighted by Crippen LogP contribution is 2.17. The molecule has 1 aliphatic rings. The van der Waals surface area contributed by atoms with E-state index in [-0.39, 0.29) is 11.8 Å². The number of piperidine rings is 1. The first kappa shape index (κ1) is 14.5. The van der Waals surface area contributed by atoms with Crippen LogP contribution in [0.1, 0.15) is 17.7 Å². The van der Waals surface area contributed by atoms with Gasteiger partial charge in [0.2, 0.25) is 5.91 Å². The lowest BCUT2D eigenvalue weighted by molar-refractivity contribution is -0.137. The molecule has 1 aromatic heterocycles. The van der Waals surface area contributed by atoms with Crippen LogP contribution >= 0.6 is 11.3 Å². The summed E-state index contributed by atoms with van der Waals surface area (Å²) in [6.45, 7) is 3.82. The van der Waals surface area contributed by atoms with Crippen LogP contribution < -0.4 is 5.32 Å². The summed E-state index contributed by atoms with van der Waals surface area (Å²) in [5.41, 5.74) is 0. The number of methoxy groups -OCH3 is 1. The van der Waals surface area contributed by atoms with E-state index in [2.05, 4.69) is 16.8 Å². The zero-order chi connectivity index (χ0) is 13.5. The minimum absolute atomic E-state index is 0.130. The number of hydrogen-bond acceptors (Lipinski definition) is 4. The van der Waals surface area contributed by atoms with E-state index in [4.69, 9.17) is 4.74 Å². The fourth-order valence-electron chi connectivity index (χ4n) is 2.38. The molecule has 5 heteroatoms. The van der Waals surface area contributed by atoms with Crippen LogP contribution in [-0.4, -0.2) is 44.2 Å². The second kappa shape index (κ2) is 7.62. The van der Waals surface area contributed by atoms with Crippen LogP contribution in [0.4, 0.5) is 0 Å². The Balaban J connectivity index is 1.96. The van der Waals surface area contributed by atoms with Gasteiger partial charge in [0.15, 0.2) is 0 Å². The lowest BCUT2D eigenvalue weighted by Gasteiger charge is -2.29. The van der Waals surface area contributed by atoms with Crippen LogP contribution in [0.5, 0.6) is 0 Å². The summed E-state index contributed by atoms with van der Waals surface area (Å²) in [7, 11) is 1.68. The molecule has 0 aliphatic carbocycles. The first-order chi connectivity index (χ1) is 9.31. The van der Waals surface area contributed by atoms with Crippen molar-refractivity contribution >= 4 is 17.2 Å². The smallest absolute Gasteiger partial charge is 0.227 e. The number of amides is 1. The molecule has 0 spiro atoms. The summed E-state index contributed by atoms with van der Waals surface area (Å²) >= 11 is 1.70. The predicted molar refractivity (Wildman–Crippen MR) is 77.2 cm³/mol.